The zero-order valence-corrected chi connectivity index (χ0v) is 11.6. The third-order valence-electron chi connectivity index (χ3n) is 3.12. The van der Waals surface area contributed by atoms with Gasteiger partial charge in [0.25, 0.3) is 0 Å². The monoisotopic (exact) mass is 297 g/mol. The van der Waals surface area contributed by atoms with Crippen LogP contribution in [0.25, 0.3) is 10.9 Å². The predicted molar refractivity (Wildman–Crippen MR) is 75.2 cm³/mol. The van der Waals surface area contributed by atoms with Crippen molar-refractivity contribution < 1.29 is 9.84 Å². The van der Waals surface area contributed by atoms with Crippen molar-refractivity contribution in [1.82, 2.24) is 4.98 Å². The molecule has 0 spiro atoms. The molecule has 19 heavy (non-hydrogen) atoms. The Morgan fingerprint density at radius 2 is 2.05 bits per heavy atom. The van der Waals surface area contributed by atoms with E-state index in [2.05, 4.69) is 4.98 Å². The average molecular weight is 298 g/mol. The maximum atomic E-state index is 12.5. The van der Waals surface area contributed by atoms with Crippen molar-refractivity contribution in [2.24, 2.45) is 0 Å². The van der Waals surface area contributed by atoms with Crippen molar-refractivity contribution in [3.63, 3.8) is 0 Å². The Kier molecular flexibility index (Phi) is 3.43. The van der Waals surface area contributed by atoms with Crippen LogP contribution in [-0.4, -0.2) is 29.7 Å². The summed E-state index contributed by atoms with van der Waals surface area (Å²) in [5, 5.41) is 13.5. The van der Waals surface area contributed by atoms with Gasteiger partial charge < -0.3 is 14.8 Å². The molecule has 0 aliphatic carbocycles. The summed E-state index contributed by atoms with van der Waals surface area (Å²) in [6.07, 6.45) is 0. The quantitative estimate of drug-likeness (QED) is 0.806. The molecule has 0 saturated carbocycles. The standard InChI is InChI=1S/C13H12ClNO3S/c14-8-1-2-9-10(7-8)15-13(17)12(11(9)16)19-5-3-18-4-6-19/h1-2,7H,3-6H2,(H-,15,16,17). The first kappa shape index (κ1) is 12.8. The van der Waals surface area contributed by atoms with Crippen LogP contribution in [0, 0.1) is 0 Å². The second-order valence-corrected chi connectivity index (χ2v) is 6.96. The van der Waals surface area contributed by atoms with Crippen molar-refractivity contribution in [2.45, 2.75) is 4.90 Å². The van der Waals surface area contributed by atoms with E-state index in [9.17, 15) is 9.90 Å². The van der Waals surface area contributed by atoms with Crippen LogP contribution in [0.4, 0.5) is 0 Å². The summed E-state index contributed by atoms with van der Waals surface area (Å²) in [6.45, 7) is 1.22. The van der Waals surface area contributed by atoms with Gasteiger partial charge in [-0.25, -0.2) is 0 Å². The summed E-state index contributed by atoms with van der Waals surface area (Å²) in [4.78, 5) is 15.3. The lowest BCUT2D eigenvalue weighted by molar-refractivity contribution is -0.270. The number of pyridine rings is 1. The number of hydrogen-bond acceptors (Lipinski definition) is 3. The maximum absolute atomic E-state index is 12.5. The highest BCUT2D eigenvalue weighted by atomic mass is 35.5. The summed E-state index contributed by atoms with van der Waals surface area (Å²) in [5.74, 6) is 1.33. The van der Waals surface area contributed by atoms with E-state index in [0.717, 1.165) is 11.5 Å². The number of H-pyrrole nitrogens is 1. The van der Waals surface area contributed by atoms with Gasteiger partial charge in [0.15, 0.2) is 0 Å². The van der Waals surface area contributed by atoms with E-state index >= 15 is 0 Å². The number of benzene rings is 1. The molecular formula is C13H12ClNO3S. The van der Waals surface area contributed by atoms with Crippen LogP contribution in [0.1, 0.15) is 0 Å². The minimum absolute atomic E-state index is 0.166. The van der Waals surface area contributed by atoms with E-state index in [0.29, 0.717) is 34.0 Å². The molecular weight excluding hydrogens is 286 g/mol. The van der Waals surface area contributed by atoms with Crippen molar-refractivity contribution >= 4 is 33.4 Å². The summed E-state index contributed by atoms with van der Waals surface area (Å²) in [7, 11) is -0.307. The van der Waals surface area contributed by atoms with E-state index in [1.165, 1.54) is 0 Å². The second kappa shape index (κ2) is 5.07. The van der Waals surface area contributed by atoms with Crippen LogP contribution in [-0.2, 0) is 15.6 Å². The van der Waals surface area contributed by atoms with Gasteiger partial charge in [0.2, 0.25) is 4.90 Å². The molecule has 6 heteroatoms. The van der Waals surface area contributed by atoms with Crippen LogP contribution < -0.4 is 10.7 Å². The molecule has 1 aromatic carbocycles. The van der Waals surface area contributed by atoms with E-state index in [-0.39, 0.29) is 22.2 Å². The third-order valence-corrected chi connectivity index (χ3v) is 5.63. The first-order chi connectivity index (χ1) is 9.16. The Balaban J connectivity index is 2.19. The second-order valence-electron chi connectivity index (χ2n) is 4.32. The highest BCUT2D eigenvalue weighted by Crippen LogP contribution is 2.29. The van der Waals surface area contributed by atoms with Crippen LogP contribution in [0.5, 0.6) is 5.75 Å². The fourth-order valence-corrected chi connectivity index (χ4v) is 4.32. The number of nitrogens with one attached hydrogen (secondary N) is 1. The Morgan fingerprint density at radius 1 is 1.32 bits per heavy atom. The lowest BCUT2D eigenvalue weighted by Crippen LogP contribution is -2.32. The SMILES string of the molecule is O=c1[nH]c2cc(Cl)ccc2c([O-])c1[S+]1CCOCC1. The molecule has 0 amide bonds. The molecule has 4 nitrogen and oxygen atoms in total. The zero-order chi connectivity index (χ0) is 13.4. The smallest absolute Gasteiger partial charge is 0.303 e. The number of fused-ring (bicyclic) bond motifs is 1. The highest BCUT2D eigenvalue weighted by molar-refractivity contribution is 7.97. The first-order valence-corrected chi connectivity index (χ1v) is 7.89. The van der Waals surface area contributed by atoms with E-state index < -0.39 is 0 Å². The molecule has 0 radical (unpaired) electrons. The summed E-state index contributed by atoms with van der Waals surface area (Å²) >= 11 is 5.87. The van der Waals surface area contributed by atoms with E-state index in [1.807, 2.05) is 0 Å². The van der Waals surface area contributed by atoms with Crippen LogP contribution in [0.15, 0.2) is 27.9 Å². The summed E-state index contributed by atoms with van der Waals surface area (Å²) < 4.78 is 5.28. The van der Waals surface area contributed by atoms with Crippen molar-refractivity contribution in [2.75, 3.05) is 24.7 Å². The fraction of sp³-hybridized carbons (Fsp3) is 0.308. The molecule has 1 aliphatic heterocycles. The van der Waals surface area contributed by atoms with Crippen LogP contribution in [0.3, 0.4) is 0 Å². The molecule has 1 fully saturated rings. The van der Waals surface area contributed by atoms with Gasteiger partial charge in [0.05, 0.1) is 13.2 Å². The zero-order valence-electron chi connectivity index (χ0n) is 10.1. The molecule has 0 unspecified atom stereocenters. The predicted octanol–water partition coefficient (Wildman–Crippen LogP) is 1.26. The van der Waals surface area contributed by atoms with Gasteiger partial charge in [0.1, 0.15) is 11.5 Å². The van der Waals surface area contributed by atoms with Crippen molar-refractivity contribution in [3.05, 3.63) is 33.6 Å². The largest absolute Gasteiger partial charge is 0.868 e. The molecule has 1 saturated heterocycles. The normalized spacial score (nSPS) is 16.9. The van der Waals surface area contributed by atoms with Gasteiger partial charge in [-0.2, -0.15) is 0 Å². The molecule has 2 heterocycles. The molecule has 0 atom stereocenters. The summed E-state index contributed by atoms with van der Waals surface area (Å²) in [5.41, 5.74) is 0.216. The molecule has 2 aromatic rings. The number of halogens is 1. The molecule has 1 N–H and O–H groups in total. The fourth-order valence-electron chi connectivity index (χ4n) is 2.21. The van der Waals surface area contributed by atoms with Crippen molar-refractivity contribution in [3.8, 4) is 5.75 Å². The first-order valence-electron chi connectivity index (χ1n) is 5.94. The van der Waals surface area contributed by atoms with Gasteiger partial charge in [-0.05, 0) is 23.3 Å². The molecule has 100 valence electrons. The Morgan fingerprint density at radius 3 is 2.79 bits per heavy atom. The van der Waals surface area contributed by atoms with Gasteiger partial charge in [-0.1, -0.05) is 17.7 Å². The third kappa shape index (κ3) is 2.33. The van der Waals surface area contributed by atoms with Gasteiger partial charge in [-0.15, -0.1) is 0 Å². The Bertz CT molecular complexity index is 679. The van der Waals surface area contributed by atoms with E-state index in [4.69, 9.17) is 16.3 Å². The molecule has 1 aliphatic rings. The average Bonchev–Trinajstić information content (AvgIpc) is 2.39. The number of aromatic nitrogens is 1. The van der Waals surface area contributed by atoms with Crippen LogP contribution >= 0.6 is 11.6 Å². The van der Waals surface area contributed by atoms with Gasteiger partial charge in [0, 0.05) is 21.4 Å². The Hall–Kier alpha value is -1.17. The highest BCUT2D eigenvalue weighted by Gasteiger charge is 2.29. The number of rotatable bonds is 1. The van der Waals surface area contributed by atoms with Gasteiger partial charge in [-0.3, -0.25) is 4.79 Å². The molecule has 0 bridgehead atoms. The number of hydrogen-bond donors (Lipinski definition) is 1. The summed E-state index contributed by atoms with van der Waals surface area (Å²) in [6, 6.07) is 4.94. The minimum atomic E-state index is -0.307. The van der Waals surface area contributed by atoms with Crippen LogP contribution in [0.2, 0.25) is 5.02 Å². The van der Waals surface area contributed by atoms with Gasteiger partial charge >= 0.3 is 5.56 Å². The number of ether oxygens (including phenoxy) is 1. The van der Waals surface area contributed by atoms with Crippen molar-refractivity contribution in [1.29, 1.82) is 0 Å². The Labute approximate surface area is 117 Å². The minimum Gasteiger partial charge on any atom is -0.868 e. The van der Waals surface area contributed by atoms with E-state index in [1.54, 1.807) is 18.2 Å². The maximum Gasteiger partial charge on any atom is 0.303 e. The lowest BCUT2D eigenvalue weighted by Gasteiger charge is -2.19. The topological polar surface area (TPSA) is 65.2 Å². The molecule has 3 rings (SSSR count). The lowest BCUT2D eigenvalue weighted by atomic mass is 10.2. The number of aromatic amines is 1. The molecule has 1 aromatic heterocycles.